The van der Waals surface area contributed by atoms with Gasteiger partial charge in [-0.3, -0.25) is 4.79 Å². The zero-order valence-corrected chi connectivity index (χ0v) is 14.7. The monoisotopic (exact) mass is 343 g/mol. The van der Waals surface area contributed by atoms with E-state index < -0.39 is 0 Å². The first-order valence-electron chi connectivity index (χ1n) is 7.37. The molecule has 0 aliphatic carbocycles. The van der Waals surface area contributed by atoms with E-state index in [-0.39, 0.29) is 5.78 Å². The maximum absolute atomic E-state index is 12.3. The van der Waals surface area contributed by atoms with E-state index in [0.717, 1.165) is 27.8 Å². The fourth-order valence-corrected chi connectivity index (χ4v) is 3.75. The van der Waals surface area contributed by atoms with Crippen molar-refractivity contribution < 1.29 is 4.79 Å². The van der Waals surface area contributed by atoms with Crippen molar-refractivity contribution in [2.24, 2.45) is 7.05 Å². The highest BCUT2D eigenvalue weighted by Crippen LogP contribution is 2.26. The summed E-state index contributed by atoms with van der Waals surface area (Å²) >= 11 is 3.05. The number of thioether (sulfide) groups is 1. The molecule has 23 heavy (non-hydrogen) atoms. The highest BCUT2D eigenvalue weighted by Gasteiger charge is 2.14. The van der Waals surface area contributed by atoms with Crippen molar-refractivity contribution in [3.8, 4) is 10.7 Å². The fraction of sp³-hybridized carbons (Fsp3) is 0.235. The number of Topliss-reactive ketones (excluding diaryl/α,β-unsaturated/α-hetero) is 1. The van der Waals surface area contributed by atoms with Crippen LogP contribution in [0.15, 0.2) is 46.9 Å². The van der Waals surface area contributed by atoms with Crippen LogP contribution in [0.2, 0.25) is 0 Å². The Labute approximate surface area is 143 Å². The number of rotatable bonds is 6. The summed E-state index contributed by atoms with van der Waals surface area (Å²) in [5.74, 6) is 1.31. The quantitative estimate of drug-likeness (QED) is 0.500. The van der Waals surface area contributed by atoms with Gasteiger partial charge in [0.15, 0.2) is 16.8 Å². The summed E-state index contributed by atoms with van der Waals surface area (Å²) in [5, 5.41) is 11.2. The Morgan fingerprint density at radius 3 is 2.65 bits per heavy atom. The van der Waals surface area contributed by atoms with Crippen molar-refractivity contribution in [2.75, 3.05) is 5.75 Å². The molecule has 0 aliphatic rings. The van der Waals surface area contributed by atoms with Gasteiger partial charge in [0.25, 0.3) is 0 Å². The molecule has 1 aromatic carbocycles. The van der Waals surface area contributed by atoms with E-state index in [2.05, 4.69) is 17.1 Å². The van der Waals surface area contributed by atoms with E-state index in [9.17, 15) is 4.79 Å². The van der Waals surface area contributed by atoms with Crippen LogP contribution in [0.1, 0.15) is 22.8 Å². The van der Waals surface area contributed by atoms with E-state index in [1.54, 1.807) is 11.3 Å². The highest BCUT2D eigenvalue weighted by atomic mass is 32.2. The molecule has 3 aromatic rings. The lowest BCUT2D eigenvalue weighted by atomic mass is 10.1. The van der Waals surface area contributed by atoms with Crippen molar-refractivity contribution in [3.63, 3.8) is 0 Å². The summed E-state index contributed by atoms with van der Waals surface area (Å²) in [7, 11) is 1.93. The Balaban J connectivity index is 1.67. The molecule has 2 heterocycles. The summed E-state index contributed by atoms with van der Waals surface area (Å²) in [6.45, 7) is 2.10. The molecule has 0 amide bonds. The molecule has 4 nitrogen and oxygen atoms in total. The number of carbonyl (C=O) groups is 1. The van der Waals surface area contributed by atoms with E-state index in [1.165, 1.54) is 17.3 Å². The van der Waals surface area contributed by atoms with E-state index in [4.69, 9.17) is 0 Å². The first-order valence-corrected chi connectivity index (χ1v) is 9.23. The number of hydrogen-bond acceptors (Lipinski definition) is 5. The van der Waals surface area contributed by atoms with E-state index in [0.29, 0.717) is 5.75 Å². The first kappa shape index (κ1) is 16.0. The number of aromatic nitrogens is 3. The van der Waals surface area contributed by atoms with Crippen molar-refractivity contribution in [3.05, 3.63) is 52.9 Å². The largest absolute Gasteiger partial charge is 0.304 e. The Bertz CT molecular complexity index is 792. The number of nitrogens with zero attached hydrogens (tertiary/aromatic N) is 3. The molecular formula is C17H17N3OS2. The zero-order chi connectivity index (χ0) is 16.2. The minimum absolute atomic E-state index is 0.110. The Morgan fingerprint density at radius 2 is 2.00 bits per heavy atom. The first-order chi connectivity index (χ1) is 11.2. The zero-order valence-electron chi connectivity index (χ0n) is 13.0. The molecule has 0 spiro atoms. The van der Waals surface area contributed by atoms with Crippen LogP contribution < -0.4 is 0 Å². The molecule has 3 rings (SSSR count). The lowest BCUT2D eigenvalue weighted by Crippen LogP contribution is -2.04. The number of carbonyl (C=O) groups excluding carboxylic acids is 1. The van der Waals surface area contributed by atoms with Crippen LogP contribution in [0.25, 0.3) is 10.7 Å². The average Bonchev–Trinajstić information content (AvgIpc) is 3.22. The molecule has 6 heteroatoms. The third-order valence-electron chi connectivity index (χ3n) is 3.59. The lowest BCUT2D eigenvalue weighted by Gasteiger charge is -2.03. The third kappa shape index (κ3) is 3.54. The van der Waals surface area contributed by atoms with Crippen LogP contribution in [0.5, 0.6) is 0 Å². The molecule has 0 bridgehead atoms. The van der Waals surface area contributed by atoms with Gasteiger partial charge in [0.05, 0.1) is 10.6 Å². The lowest BCUT2D eigenvalue weighted by molar-refractivity contribution is 0.102. The maximum atomic E-state index is 12.3. The molecule has 118 valence electrons. The second-order valence-electron chi connectivity index (χ2n) is 5.10. The van der Waals surface area contributed by atoms with E-state index in [1.807, 2.05) is 53.4 Å². The molecule has 0 aliphatic heterocycles. The predicted molar refractivity (Wildman–Crippen MR) is 95.2 cm³/mol. The summed E-state index contributed by atoms with van der Waals surface area (Å²) in [6.07, 6.45) is 0.980. The summed E-state index contributed by atoms with van der Waals surface area (Å²) in [5.41, 5.74) is 1.98. The summed E-state index contributed by atoms with van der Waals surface area (Å²) in [6, 6.07) is 11.8. The molecule has 0 radical (unpaired) electrons. The van der Waals surface area contributed by atoms with Gasteiger partial charge in [-0.15, -0.1) is 21.5 Å². The van der Waals surface area contributed by atoms with Crippen molar-refractivity contribution in [1.29, 1.82) is 0 Å². The maximum Gasteiger partial charge on any atom is 0.191 e. The molecule has 2 aromatic heterocycles. The van der Waals surface area contributed by atoms with Crippen LogP contribution in [0.4, 0.5) is 0 Å². The molecule has 0 saturated heterocycles. The van der Waals surface area contributed by atoms with Crippen molar-refractivity contribution in [2.45, 2.75) is 18.5 Å². The van der Waals surface area contributed by atoms with Crippen molar-refractivity contribution >= 4 is 28.9 Å². The summed E-state index contributed by atoms with van der Waals surface area (Å²) < 4.78 is 1.93. The van der Waals surface area contributed by atoms with E-state index >= 15 is 0 Å². The number of benzene rings is 1. The third-order valence-corrected chi connectivity index (χ3v) is 5.48. The SMILES string of the molecule is CCc1ccc(C(=O)CSc2nnc(-c3cccs3)n2C)cc1. The van der Waals surface area contributed by atoms with Gasteiger partial charge in [0.2, 0.25) is 0 Å². The normalized spacial score (nSPS) is 10.9. The average molecular weight is 343 g/mol. The van der Waals surface area contributed by atoms with Gasteiger partial charge in [-0.05, 0) is 23.4 Å². The minimum atomic E-state index is 0.110. The Hall–Kier alpha value is -1.92. The Morgan fingerprint density at radius 1 is 1.22 bits per heavy atom. The standard InChI is InChI=1S/C17H17N3OS2/c1-3-12-6-8-13(9-7-12)14(21)11-23-17-19-18-16(20(17)2)15-5-4-10-22-15/h4-10H,3,11H2,1-2H3. The second kappa shape index (κ2) is 7.10. The highest BCUT2D eigenvalue weighted by molar-refractivity contribution is 7.99. The number of aryl methyl sites for hydroxylation is 1. The van der Waals surface area contributed by atoms with Crippen molar-refractivity contribution in [1.82, 2.24) is 14.8 Å². The number of ketones is 1. The predicted octanol–water partition coefficient (Wildman–Crippen LogP) is 4.08. The van der Waals surface area contributed by atoms with Gasteiger partial charge >= 0.3 is 0 Å². The molecule has 0 unspecified atom stereocenters. The molecule has 0 atom stereocenters. The fourth-order valence-electron chi connectivity index (χ4n) is 2.20. The van der Waals surface area contributed by atoms with Crippen LogP contribution in [0, 0.1) is 0 Å². The van der Waals surface area contributed by atoms with Crippen LogP contribution in [-0.4, -0.2) is 26.3 Å². The van der Waals surface area contributed by atoms with Crippen LogP contribution in [0.3, 0.4) is 0 Å². The molecule has 0 N–H and O–H groups in total. The van der Waals surface area contributed by atoms with Gasteiger partial charge in [-0.2, -0.15) is 0 Å². The van der Waals surface area contributed by atoms with Gasteiger partial charge in [0, 0.05) is 12.6 Å². The van der Waals surface area contributed by atoms with Gasteiger partial charge in [-0.1, -0.05) is 49.0 Å². The van der Waals surface area contributed by atoms with Gasteiger partial charge < -0.3 is 4.57 Å². The Kier molecular flexibility index (Phi) is 4.93. The second-order valence-corrected chi connectivity index (χ2v) is 7.00. The topological polar surface area (TPSA) is 47.8 Å². The number of thiophene rings is 1. The van der Waals surface area contributed by atoms with Gasteiger partial charge in [0.1, 0.15) is 0 Å². The van der Waals surface area contributed by atoms with Gasteiger partial charge in [-0.25, -0.2) is 0 Å². The van der Waals surface area contributed by atoms with Crippen LogP contribution in [-0.2, 0) is 13.5 Å². The number of hydrogen-bond donors (Lipinski definition) is 0. The molecule has 0 saturated carbocycles. The minimum Gasteiger partial charge on any atom is -0.304 e. The molecular weight excluding hydrogens is 326 g/mol. The smallest absolute Gasteiger partial charge is 0.191 e. The van der Waals surface area contributed by atoms with Crippen LogP contribution >= 0.6 is 23.1 Å². The summed E-state index contributed by atoms with van der Waals surface area (Å²) in [4.78, 5) is 13.4. The molecule has 0 fully saturated rings.